The first kappa shape index (κ1) is 13.8. The van der Waals surface area contributed by atoms with Crippen LogP contribution in [0.4, 0.5) is 0 Å². The van der Waals surface area contributed by atoms with E-state index in [1.54, 1.807) is 19.1 Å². The third-order valence-electron chi connectivity index (χ3n) is 2.43. The van der Waals surface area contributed by atoms with Gasteiger partial charge in [0.1, 0.15) is 12.3 Å². The van der Waals surface area contributed by atoms with Gasteiger partial charge in [-0.2, -0.15) is 0 Å². The van der Waals surface area contributed by atoms with E-state index in [4.69, 9.17) is 5.11 Å². The molecule has 0 bridgehead atoms. The minimum Gasteiger partial charge on any atom is -0.507 e. The number of nitrogens with zero attached hydrogens (tertiary/aromatic N) is 1. The number of aliphatic carboxylic acids is 1. The molecule has 0 spiro atoms. The molecule has 2 N–H and O–H groups in total. The van der Waals surface area contributed by atoms with Crippen molar-refractivity contribution >= 4 is 11.9 Å². The summed E-state index contributed by atoms with van der Waals surface area (Å²) in [5.41, 5.74) is 0.660. The number of benzene rings is 1. The van der Waals surface area contributed by atoms with Crippen molar-refractivity contribution in [3.05, 3.63) is 42.0 Å². The summed E-state index contributed by atoms with van der Waals surface area (Å²) in [5.74, 6) is -1.77. The van der Waals surface area contributed by atoms with Crippen LogP contribution in [0.15, 0.2) is 30.9 Å². The van der Waals surface area contributed by atoms with Crippen molar-refractivity contribution < 1.29 is 19.8 Å². The van der Waals surface area contributed by atoms with Crippen LogP contribution >= 0.6 is 0 Å². The highest BCUT2D eigenvalue weighted by molar-refractivity contribution is 5.98. The highest BCUT2D eigenvalue weighted by Crippen LogP contribution is 2.22. The van der Waals surface area contributed by atoms with Crippen molar-refractivity contribution in [2.45, 2.75) is 6.92 Å². The second-order valence-corrected chi connectivity index (χ2v) is 3.84. The highest BCUT2D eigenvalue weighted by atomic mass is 16.4. The average molecular weight is 249 g/mol. The molecule has 18 heavy (non-hydrogen) atoms. The number of carboxylic acids is 1. The van der Waals surface area contributed by atoms with Crippen LogP contribution in [0.25, 0.3) is 0 Å². The zero-order chi connectivity index (χ0) is 13.7. The van der Waals surface area contributed by atoms with Crippen molar-refractivity contribution in [2.24, 2.45) is 0 Å². The highest BCUT2D eigenvalue weighted by Gasteiger charge is 2.20. The fourth-order valence-corrected chi connectivity index (χ4v) is 1.54. The average Bonchev–Trinajstić information content (AvgIpc) is 2.31. The van der Waals surface area contributed by atoms with Crippen LogP contribution in [0, 0.1) is 6.92 Å². The number of carbonyl (C=O) groups excluding carboxylic acids is 1. The number of phenols is 1. The third kappa shape index (κ3) is 3.10. The fraction of sp³-hybridized carbons (Fsp3) is 0.231. The smallest absolute Gasteiger partial charge is 0.323 e. The Kier molecular flexibility index (Phi) is 4.48. The monoisotopic (exact) mass is 249 g/mol. The van der Waals surface area contributed by atoms with E-state index in [0.29, 0.717) is 5.56 Å². The minimum atomic E-state index is -1.11. The van der Waals surface area contributed by atoms with Crippen molar-refractivity contribution in [1.82, 2.24) is 4.90 Å². The molecule has 0 aliphatic heterocycles. The Morgan fingerprint density at radius 3 is 2.67 bits per heavy atom. The lowest BCUT2D eigenvalue weighted by Gasteiger charge is -2.19. The molecule has 0 aromatic heterocycles. The van der Waals surface area contributed by atoms with E-state index in [-0.39, 0.29) is 17.9 Å². The molecule has 0 saturated carbocycles. The number of hydrogen-bond donors (Lipinski definition) is 2. The molecule has 0 radical (unpaired) electrons. The number of para-hydroxylation sites is 1. The Morgan fingerprint density at radius 2 is 2.11 bits per heavy atom. The maximum atomic E-state index is 12.1. The quantitative estimate of drug-likeness (QED) is 0.773. The molecular formula is C13H15NO4. The van der Waals surface area contributed by atoms with E-state index in [0.717, 1.165) is 4.90 Å². The maximum absolute atomic E-state index is 12.1. The number of hydrogen-bond acceptors (Lipinski definition) is 3. The van der Waals surface area contributed by atoms with Crippen LogP contribution in [0.3, 0.4) is 0 Å². The predicted molar refractivity (Wildman–Crippen MR) is 66.6 cm³/mol. The summed E-state index contributed by atoms with van der Waals surface area (Å²) < 4.78 is 0. The van der Waals surface area contributed by atoms with Gasteiger partial charge in [0.25, 0.3) is 5.91 Å². The van der Waals surface area contributed by atoms with Gasteiger partial charge in [0.15, 0.2) is 0 Å². The van der Waals surface area contributed by atoms with Crippen molar-refractivity contribution in [3.63, 3.8) is 0 Å². The second-order valence-electron chi connectivity index (χ2n) is 3.84. The van der Waals surface area contributed by atoms with Crippen LogP contribution in [0.5, 0.6) is 5.75 Å². The molecule has 0 heterocycles. The van der Waals surface area contributed by atoms with E-state index in [9.17, 15) is 14.7 Å². The maximum Gasteiger partial charge on any atom is 0.323 e. The molecular weight excluding hydrogens is 234 g/mol. The number of aromatic hydroxyl groups is 1. The molecule has 96 valence electrons. The van der Waals surface area contributed by atoms with Crippen LogP contribution in [0.1, 0.15) is 15.9 Å². The Labute approximate surface area is 105 Å². The Bertz CT molecular complexity index is 482. The van der Waals surface area contributed by atoms with Gasteiger partial charge in [0.2, 0.25) is 0 Å². The molecule has 1 aromatic carbocycles. The molecule has 1 rings (SSSR count). The largest absolute Gasteiger partial charge is 0.507 e. The zero-order valence-corrected chi connectivity index (χ0v) is 10.1. The van der Waals surface area contributed by atoms with Gasteiger partial charge in [-0.05, 0) is 18.6 Å². The van der Waals surface area contributed by atoms with Crippen molar-refractivity contribution in [3.8, 4) is 5.75 Å². The van der Waals surface area contributed by atoms with E-state index in [2.05, 4.69) is 6.58 Å². The first-order chi connectivity index (χ1) is 8.47. The SMILES string of the molecule is C=CCN(CC(=O)O)C(=O)c1cccc(C)c1O. The van der Waals surface area contributed by atoms with Gasteiger partial charge in [-0.3, -0.25) is 9.59 Å². The molecule has 5 heteroatoms. The lowest BCUT2D eigenvalue weighted by atomic mass is 10.1. The van der Waals surface area contributed by atoms with Crippen LogP contribution in [-0.2, 0) is 4.79 Å². The van der Waals surface area contributed by atoms with E-state index >= 15 is 0 Å². The summed E-state index contributed by atoms with van der Waals surface area (Å²) in [6, 6.07) is 4.76. The topological polar surface area (TPSA) is 77.8 Å². The van der Waals surface area contributed by atoms with Gasteiger partial charge in [-0.25, -0.2) is 0 Å². The zero-order valence-electron chi connectivity index (χ0n) is 10.1. The van der Waals surface area contributed by atoms with Gasteiger partial charge < -0.3 is 15.1 Å². The molecule has 1 aromatic rings. The second kappa shape index (κ2) is 5.86. The van der Waals surface area contributed by atoms with Gasteiger partial charge in [0, 0.05) is 6.54 Å². The van der Waals surface area contributed by atoms with Crippen molar-refractivity contribution in [1.29, 1.82) is 0 Å². The fourth-order valence-electron chi connectivity index (χ4n) is 1.54. The number of phenolic OH excluding ortho intramolecular Hbond substituents is 1. The minimum absolute atomic E-state index is 0.0955. The predicted octanol–water partition coefficient (Wildman–Crippen LogP) is 1.41. The standard InChI is InChI=1S/C13H15NO4/c1-3-7-14(8-11(15)16)13(18)10-6-4-5-9(2)12(10)17/h3-6,17H,1,7-8H2,2H3,(H,15,16). The number of carbonyl (C=O) groups is 2. The van der Waals surface area contributed by atoms with E-state index < -0.39 is 18.4 Å². The molecule has 0 aliphatic carbocycles. The lowest BCUT2D eigenvalue weighted by Crippen LogP contribution is -2.35. The number of carboxylic acid groups (broad SMARTS) is 1. The molecule has 5 nitrogen and oxygen atoms in total. The van der Waals surface area contributed by atoms with Gasteiger partial charge in [-0.1, -0.05) is 18.2 Å². The summed E-state index contributed by atoms with van der Waals surface area (Å²) in [6.07, 6.45) is 1.44. The Balaban J connectivity index is 3.05. The molecule has 0 fully saturated rings. The molecule has 0 unspecified atom stereocenters. The third-order valence-corrected chi connectivity index (χ3v) is 2.43. The summed E-state index contributed by atoms with van der Waals surface area (Å²) in [5, 5.41) is 18.5. The van der Waals surface area contributed by atoms with Gasteiger partial charge in [-0.15, -0.1) is 6.58 Å². The number of aryl methyl sites for hydroxylation is 1. The lowest BCUT2D eigenvalue weighted by molar-refractivity contribution is -0.137. The Hall–Kier alpha value is -2.30. The normalized spacial score (nSPS) is 9.83. The first-order valence-corrected chi connectivity index (χ1v) is 5.38. The number of rotatable bonds is 5. The van der Waals surface area contributed by atoms with Crippen LogP contribution in [-0.4, -0.2) is 40.1 Å². The van der Waals surface area contributed by atoms with E-state index in [1.165, 1.54) is 12.1 Å². The summed E-state index contributed by atoms with van der Waals surface area (Å²) in [6.45, 7) is 4.82. The number of amides is 1. The summed E-state index contributed by atoms with van der Waals surface area (Å²) >= 11 is 0. The molecule has 0 saturated heterocycles. The molecule has 0 atom stereocenters. The molecule has 0 aliphatic rings. The van der Waals surface area contributed by atoms with Gasteiger partial charge >= 0.3 is 5.97 Å². The van der Waals surface area contributed by atoms with Crippen molar-refractivity contribution in [2.75, 3.05) is 13.1 Å². The summed E-state index contributed by atoms with van der Waals surface area (Å²) in [4.78, 5) is 23.9. The van der Waals surface area contributed by atoms with Gasteiger partial charge in [0.05, 0.1) is 5.56 Å². The van der Waals surface area contributed by atoms with Crippen LogP contribution in [0.2, 0.25) is 0 Å². The first-order valence-electron chi connectivity index (χ1n) is 5.38. The Morgan fingerprint density at radius 1 is 1.44 bits per heavy atom. The summed E-state index contributed by atoms with van der Waals surface area (Å²) in [7, 11) is 0. The molecule has 1 amide bonds. The van der Waals surface area contributed by atoms with Crippen LogP contribution < -0.4 is 0 Å². The van der Waals surface area contributed by atoms with E-state index in [1.807, 2.05) is 0 Å².